The number of rotatable bonds is 4. The van der Waals surface area contributed by atoms with Crippen molar-refractivity contribution in [1.82, 2.24) is 10.6 Å². The first-order valence-corrected chi connectivity index (χ1v) is 8.74. The molecule has 2 fully saturated rings. The van der Waals surface area contributed by atoms with Crippen molar-refractivity contribution in [2.24, 2.45) is 4.99 Å². The number of hydrogen-bond acceptors (Lipinski definition) is 3. The van der Waals surface area contributed by atoms with Gasteiger partial charge < -0.3 is 20.3 Å². The standard InChI is InChI=1S/C18H28N4O/c1-19-18(21-16-4-2-3-5-16)20-14-15-6-8-17(9-7-15)22-10-12-23-13-11-22/h6-9,16H,2-5,10-14H2,1H3,(H2,19,20,21). The van der Waals surface area contributed by atoms with Gasteiger partial charge in [0.1, 0.15) is 0 Å². The molecule has 0 radical (unpaired) electrons. The summed E-state index contributed by atoms with van der Waals surface area (Å²) < 4.78 is 5.40. The van der Waals surface area contributed by atoms with Crippen molar-refractivity contribution >= 4 is 11.6 Å². The SMILES string of the molecule is CN=C(NCc1ccc(N2CCOCC2)cc1)NC1CCCC1. The van der Waals surface area contributed by atoms with Crippen LogP contribution in [0.25, 0.3) is 0 Å². The number of nitrogens with one attached hydrogen (secondary N) is 2. The number of nitrogens with zero attached hydrogens (tertiary/aromatic N) is 2. The Morgan fingerprint density at radius 3 is 2.52 bits per heavy atom. The van der Waals surface area contributed by atoms with Crippen LogP contribution < -0.4 is 15.5 Å². The van der Waals surface area contributed by atoms with Gasteiger partial charge in [-0.05, 0) is 30.5 Å². The third-order valence-electron chi connectivity index (χ3n) is 4.69. The van der Waals surface area contributed by atoms with E-state index in [-0.39, 0.29) is 0 Å². The van der Waals surface area contributed by atoms with E-state index in [9.17, 15) is 0 Å². The zero-order valence-corrected chi connectivity index (χ0v) is 14.1. The van der Waals surface area contributed by atoms with Crippen LogP contribution in [0.5, 0.6) is 0 Å². The summed E-state index contributed by atoms with van der Waals surface area (Å²) in [5.41, 5.74) is 2.56. The number of hydrogen-bond donors (Lipinski definition) is 2. The van der Waals surface area contributed by atoms with Crippen LogP contribution in [0.4, 0.5) is 5.69 Å². The summed E-state index contributed by atoms with van der Waals surface area (Å²) in [5, 5.41) is 6.93. The Morgan fingerprint density at radius 1 is 1.17 bits per heavy atom. The van der Waals surface area contributed by atoms with Crippen LogP contribution in [0.15, 0.2) is 29.3 Å². The van der Waals surface area contributed by atoms with Crippen molar-refractivity contribution in [1.29, 1.82) is 0 Å². The van der Waals surface area contributed by atoms with Crippen LogP contribution in [0.1, 0.15) is 31.2 Å². The topological polar surface area (TPSA) is 48.9 Å². The van der Waals surface area contributed by atoms with E-state index in [2.05, 4.69) is 44.8 Å². The highest BCUT2D eigenvalue weighted by atomic mass is 16.5. The lowest BCUT2D eigenvalue weighted by Gasteiger charge is -2.29. The first kappa shape index (κ1) is 16.1. The van der Waals surface area contributed by atoms with Gasteiger partial charge in [-0.3, -0.25) is 4.99 Å². The highest BCUT2D eigenvalue weighted by Crippen LogP contribution is 2.18. The molecule has 0 bridgehead atoms. The molecule has 1 heterocycles. The van der Waals surface area contributed by atoms with E-state index in [0.29, 0.717) is 6.04 Å². The lowest BCUT2D eigenvalue weighted by atomic mass is 10.2. The molecule has 2 N–H and O–H groups in total. The van der Waals surface area contributed by atoms with Crippen molar-refractivity contribution in [3.63, 3.8) is 0 Å². The predicted octanol–water partition coefficient (Wildman–Crippen LogP) is 2.13. The number of morpholine rings is 1. The van der Waals surface area contributed by atoms with Gasteiger partial charge in [-0.1, -0.05) is 25.0 Å². The Kier molecular flexibility index (Phi) is 5.75. The monoisotopic (exact) mass is 316 g/mol. The van der Waals surface area contributed by atoms with Crippen molar-refractivity contribution in [2.45, 2.75) is 38.3 Å². The lowest BCUT2D eigenvalue weighted by molar-refractivity contribution is 0.122. The first-order valence-electron chi connectivity index (χ1n) is 8.74. The smallest absolute Gasteiger partial charge is 0.191 e. The molecule has 23 heavy (non-hydrogen) atoms. The normalized spacial score (nSPS) is 19.9. The summed E-state index contributed by atoms with van der Waals surface area (Å²) in [6.07, 6.45) is 5.18. The molecule has 0 spiro atoms. The van der Waals surface area contributed by atoms with Gasteiger partial charge in [0.05, 0.1) is 13.2 Å². The second kappa shape index (κ2) is 8.20. The molecule has 1 aliphatic carbocycles. The summed E-state index contributed by atoms with van der Waals surface area (Å²) in [6.45, 7) is 4.42. The Morgan fingerprint density at radius 2 is 1.87 bits per heavy atom. The summed E-state index contributed by atoms with van der Waals surface area (Å²) in [6, 6.07) is 9.39. The van der Waals surface area contributed by atoms with Crippen LogP contribution in [0.3, 0.4) is 0 Å². The molecule has 1 aliphatic heterocycles. The fourth-order valence-corrected chi connectivity index (χ4v) is 3.29. The maximum Gasteiger partial charge on any atom is 0.191 e. The fourth-order valence-electron chi connectivity index (χ4n) is 3.29. The Hall–Kier alpha value is -1.75. The molecule has 0 unspecified atom stereocenters. The minimum absolute atomic E-state index is 0.588. The predicted molar refractivity (Wildman–Crippen MR) is 95.1 cm³/mol. The molecule has 1 saturated carbocycles. The Labute approximate surface area is 139 Å². The second-order valence-corrected chi connectivity index (χ2v) is 6.32. The van der Waals surface area contributed by atoms with Gasteiger partial charge in [-0.2, -0.15) is 0 Å². The minimum Gasteiger partial charge on any atom is -0.378 e. The van der Waals surface area contributed by atoms with Crippen molar-refractivity contribution in [3.8, 4) is 0 Å². The van der Waals surface area contributed by atoms with Crippen LogP contribution in [0, 0.1) is 0 Å². The molecule has 1 aromatic rings. The summed E-state index contributed by atoms with van der Waals surface area (Å²) in [7, 11) is 1.84. The van der Waals surface area contributed by atoms with Gasteiger partial charge in [0.15, 0.2) is 5.96 Å². The second-order valence-electron chi connectivity index (χ2n) is 6.32. The van der Waals surface area contributed by atoms with E-state index in [1.807, 2.05) is 7.05 Å². The Balaban J connectivity index is 1.49. The Bertz CT molecular complexity index is 502. The third-order valence-corrected chi connectivity index (χ3v) is 4.69. The summed E-state index contributed by atoms with van der Waals surface area (Å²) in [4.78, 5) is 6.71. The molecular weight excluding hydrogens is 288 g/mol. The summed E-state index contributed by atoms with van der Waals surface area (Å²) >= 11 is 0. The molecule has 0 aromatic heterocycles. The molecule has 2 aliphatic rings. The lowest BCUT2D eigenvalue weighted by Crippen LogP contribution is -2.41. The van der Waals surface area contributed by atoms with Crippen molar-refractivity contribution < 1.29 is 4.74 Å². The van der Waals surface area contributed by atoms with Crippen molar-refractivity contribution in [3.05, 3.63) is 29.8 Å². The zero-order chi connectivity index (χ0) is 15.9. The maximum atomic E-state index is 5.40. The van der Waals surface area contributed by atoms with E-state index in [4.69, 9.17) is 4.74 Å². The van der Waals surface area contributed by atoms with Crippen LogP contribution >= 0.6 is 0 Å². The van der Waals surface area contributed by atoms with Crippen LogP contribution in [-0.4, -0.2) is 45.4 Å². The van der Waals surface area contributed by atoms with Gasteiger partial charge in [0.2, 0.25) is 0 Å². The van der Waals surface area contributed by atoms with Crippen molar-refractivity contribution in [2.75, 3.05) is 38.3 Å². The van der Waals surface area contributed by atoms with Gasteiger partial charge in [-0.25, -0.2) is 0 Å². The molecule has 126 valence electrons. The summed E-state index contributed by atoms with van der Waals surface area (Å²) in [5.74, 6) is 0.911. The van der Waals surface area contributed by atoms with E-state index in [1.165, 1.54) is 36.9 Å². The largest absolute Gasteiger partial charge is 0.378 e. The maximum absolute atomic E-state index is 5.40. The molecule has 3 rings (SSSR count). The zero-order valence-electron chi connectivity index (χ0n) is 14.1. The number of anilines is 1. The average Bonchev–Trinajstić information content (AvgIpc) is 3.13. The number of guanidine groups is 1. The number of benzene rings is 1. The van der Waals surface area contributed by atoms with Gasteiger partial charge >= 0.3 is 0 Å². The molecule has 0 amide bonds. The van der Waals surface area contributed by atoms with E-state index >= 15 is 0 Å². The molecular formula is C18H28N4O. The molecule has 5 heteroatoms. The number of ether oxygens (including phenoxy) is 1. The van der Waals surface area contributed by atoms with Gasteiger partial charge in [0, 0.05) is 38.4 Å². The quantitative estimate of drug-likeness (QED) is 0.660. The highest BCUT2D eigenvalue weighted by Gasteiger charge is 2.15. The highest BCUT2D eigenvalue weighted by molar-refractivity contribution is 5.80. The third kappa shape index (κ3) is 4.61. The molecule has 1 saturated heterocycles. The van der Waals surface area contributed by atoms with Gasteiger partial charge in [-0.15, -0.1) is 0 Å². The van der Waals surface area contributed by atoms with E-state index in [0.717, 1.165) is 38.8 Å². The van der Waals surface area contributed by atoms with Crippen LogP contribution in [0.2, 0.25) is 0 Å². The number of aliphatic imine (C=N–C) groups is 1. The van der Waals surface area contributed by atoms with Gasteiger partial charge in [0.25, 0.3) is 0 Å². The average molecular weight is 316 g/mol. The fraction of sp³-hybridized carbons (Fsp3) is 0.611. The first-order chi connectivity index (χ1) is 11.3. The van der Waals surface area contributed by atoms with E-state index in [1.54, 1.807) is 0 Å². The minimum atomic E-state index is 0.588. The molecule has 1 aromatic carbocycles. The molecule has 0 atom stereocenters. The van der Waals surface area contributed by atoms with E-state index < -0.39 is 0 Å². The molecule has 5 nitrogen and oxygen atoms in total. The van der Waals surface area contributed by atoms with Crippen LogP contribution in [-0.2, 0) is 11.3 Å².